The van der Waals surface area contributed by atoms with Crippen LogP contribution in [-0.4, -0.2) is 24.7 Å². The molecule has 0 aliphatic carbocycles. The summed E-state index contributed by atoms with van der Waals surface area (Å²) in [6.07, 6.45) is 1.14. The van der Waals surface area contributed by atoms with E-state index in [4.69, 9.17) is 10.5 Å². The second kappa shape index (κ2) is 5.72. The molecular formula is C15H22N2O2. The van der Waals surface area contributed by atoms with Gasteiger partial charge in [0.1, 0.15) is 5.54 Å². The van der Waals surface area contributed by atoms with Gasteiger partial charge in [-0.25, -0.2) is 0 Å². The molecule has 0 radical (unpaired) electrons. The highest BCUT2D eigenvalue weighted by molar-refractivity contribution is 5.98. The van der Waals surface area contributed by atoms with E-state index in [2.05, 4.69) is 19.2 Å². The van der Waals surface area contributed by atoms with E-state index in [0.29, 0.717) is 32.0 Å². The number of carbonyl (C=O) groups is 1. The molecule has 1 heterocycles. The molecule has 4 heteroatoms. The van der Waals surface area contributed by atoms with Gasteiger partial charge in [-0.3, -0.25) is 4.79 Å². The van der Waals surface area contributed by atoms with E-state index >= 15 is 0 Å². The van der Waals surface area contributed by atoms with Gasteiger partial charge in [0, 0.05) is 18.9 Å². The first-order chi connectivity index (χ1) is 9.01. The Hall–Kier alpha value is -1.39. The zero-order valence-electron chi connectivity index (χ0n) is 11.6. The minimum absolute atomic E-state index is 0.118. The number of carbonyl (C=O) groups excluding carboxylic acids is 1. The van der Waals surface area contributed by atoms with Gasteiger partial charge in [-0.1, -0.05) is 26.0 Å². The zero-order valence-corrected chi connectivity index (χ0v) is 11.6. The predicted molar refractivity (Wildman–Crippen MR) is 76.1 cm³/mol. The summed E-state index contributed by atoms with van der Waals surface area (Å²) in [6.45, 7) is 5.39. The van der Waals surface area contributed by atoms with E-state index in [1.165, 1.54) is 5.56 Å². The molecule has 1 fully saturated rings. The van der Waals surface area contributed by atoms with Gasteiger partial charge in [-0.2, -0.15) is 0 Å². The first-order valence-electron chi connectivity index (χ1n) is 6.79. The van der Waals surface area contributed by atoms with E-state index in [1.807, 2.05) is 24.3 Å². The third kappa shape index (κ3) is 3.33. The van der Waals surface area contributed by atoms with Crippen molar-refractivity contribution >= 4 is 11.6 Å². The van der Waals surface area contributed by atoms with Crippen molar-refractivity contribution in [1.82, 2.24) is 0 Å². The summed E-state index contributed by atoms with van der Waals surface area (Å²) >= 11 is 0. The molecule has 1 aromatic carbocycles. The summed E-state index contributed by atoms with van der Waals surface area (Å²) in [5.41, 5.74) is 7.39. The standard InChI is InChI=1S/C15H22N2O2/c1-11(2)12-3-5-13(6-4-12)17-14(18)15(16)7-9-19-10-8-15/h3-6,11H,7-10,16H2,1-2H3,(H,17,18). The van der Waals surface area contributed by atoms with E-state index in [9.17, 15) is 4.79 Å². The Morgan fingerprint density at radius 3 is 2.37 bits per heavy atom. The van der Waals surface area contributed by atoms with E-state index in [0.717, 1.165) is 5.69 Å². The van der Waals surface area contributed by atoms with E-state index in [1.54, 1.807) is 0 Å². The number of benzene rings is 1. The normalized spacial score (nSPS) is 18.3. The highest BCUT2D eigenvalue weighted by atomic mass is 16.5. The third-order valence-corrected chi connectivity index (χ3v) is 3.67. The van der Waals surface area contributed by atoms with Crippen LogP contribution in [0, 0.1) is 0 Å². The Balaban J connectivity index is 2.02. The Labute approximate surface area is 114 Å². The molecule has 0 unspecified atom stereocenters. The summed E-state index contributed by atoms with van der Waals surface area (Å²) < 4.78 is 5.25. The van der Waals surface area contributed by atoms with Crippen molar-refractivity contribution in [3.63, 3.8) is 0 Å². The van der Waals surface area contributed by atoms with Gasteiger partial charge in [0.15, 0.2) is 0 Å². The molecule has 4 nitrogen and oxygen atoms in total. The Morgan fingerprint density at radius 1 is 1.26 bits per heavy atom. The van der Waals surface area contributed by atoms with Gasteiger partial charge in [-0.05, 0) is 36.5 Å². The molecular weight excluding hydrogens is 240 g/mol. The fourth-order valence-electron chi connectivity index (χ4n) is 2.17. The molecule has 1 aromatic rings. The van der Waals surface area contributed by atoms with Crippen LogP contribution < -0.4 is 11.1 Å². The molecule has 0 saturated carbocycles. The maximum absolute atomic E-state index is 12.2. The van der Waals surface area contributed by atoms with Crippen LogP contribution in [0.1, 0.15) is 38.2 Å². The Bertz CT molecular complexity index is 434. The van der Waals surface area contributed by atoms with Crippen LogP contribution in [0.25, 0.3) is 0 Å². The van der Waals surface area contributed by atoms with Crippen LogP contribution in [0.2, 0.25) is 0 Å². The van der Waals surface area contributed by atoms with E-state index in [-0.39, 0.29) is 5.91 Å². The molecule has 0 spiro atoms. The number of amides is 1. The van der Waals surface area contributed by atoms with Gasteiger partial charge < -0.3 is 15.8 Å². The summed E-state index contributed by atoms with van der Waals surface area (Å²) in [6, 6.07) is 7.92. The van der Waals surface area contributed by atoms with Crippen molar-refractivity contribution in [2.45, 2.75) is 38.1 Å². The topological polar surface area (TPSA) is 64.4 Å². The average Bonchev–Trinajstić information content (AvgIpc) is 2.40. The largest absolute Gasteiger partial charge is 0.381 e. The molecule has 0 bridgehead atoms. The van der Waals surface area contributed by atoms with Crippen LogP contribution in [0.5, 0.6) is 0 Å². The van der Waals surface area contributed by atoms with Crippen LogP contribution in [0.15, 0.2) is 24.3 Å². The van der Waals surface area contributed by atoms with Crippen molar-refractivity contribution in [2.24, 2.45) is 5.73 Å². The van der Waals surface area contributed by atoms with Crippen LogP contribution in [0.3, 0.4) is 0 Å². The van der Waals surface area contributed by atoms with Crippen LogP contribution in [0.4, 0.5) is 5.69 Å². The summed E-state index contributed by atoms with van der Waals surface area (Å²) in [5, 5.41) is 2.90. The predicted octanol–water partition coefficient (Wildman–Crippen LogP) is 2.26. The molecule has 2 rings (SSSR count). The number of rotatable bonds is 3. The van der Waals surface area contributed by atoms with Crippen molar-refractivity contribution in [1.29, 1.82) is 0 Å². The van der Waals surface area contributed by atoms with Gasteiger partial charge >= 0.3 is 0 Å². The lowest BCUT2D eigenvalue weighted by atomic mass is 9.90. The van der Waals surface area contributed by atoms with E-state index < -0.39 is 5.54 Å². The minimum atomic E-state index is -0.797. The molecule has 0 atom stereocenters. The quantitative estimate of drug-likeness (QED) is 0.878. The second-order valence-electron chi connectivity index (χ2n) is 5.50. The number of nitrogens with two attached hydrogens (primary N) is 1. The highest BCUT2D eigenvalue weighted by Crippen LogP contribution is 2.21. The molecule has 19 heavy (non-hydrogen) atoms. The first kappa shape index (κ1) is 14.0. The van der Waals surface area contributed by atoms with Gasteiger partial charge in [-0.15, -0.1) is 0 Å². The van der Waals surface area contributed by atoms with Crippen molar-refractivity contribution in [3.05, 3.63) is 29.8 Å². The fraction of sp³-hybridized carbons (Fsp3) is 0.533. The Morgan fingerprint density at radius 2 is 1.84 bits per heavy atom. The highest BCUT2D eigenvalue weighted by Gasteiger charge is 2.35. The second-order valence-corrected chi connectivity index (χ2v) is 5.50. The average molecular weight is 262 g/mol. The molecule has 104 valence electrons. The van der Waals surface area contributed by atoms with Crippen LogP contribution >= 0.6 is 0 Å². The van der Waals surface area contributed by atoms with Crippen LogP contribution in [-0.2, 0) is 9.53 Å². The third-order valence-electron chi connectivity index (χ3n) is 3.67. The number of ether oxygens (including phenoxy) is 1. The number of nitrogens with one attached hydrogen (secondary N) is 1. The molecule has 1 amide bonds. The summed E-state index contributed by atoms with van der Waals surface area (Å²) in [4.78, 5) is 12.2. The smallest absolute Gasteiger partial charge is 0.244 e. The SMILES string of the molecule is CC(C)c1ccc(NC(=O)C2(N)CCOCC2)cc1. The minimum Gasteiger partial charge on any atom is -0.381 e. The fourth-order valence-corrected chi connectivity index (χ4v) is 2.17. The lowest BCUT2D eigenvalue weighted by Gasteiger charge is -2.31. The lowest BCUT2D eigenvalue weighted by Crippen LogP contribution is -2.54. The van der Waals surface area contributed by atoms with Crippen molar-refractivity contribution in [3.8, 4) is 0 Å². The van der Waals surface area contributed by atoms with Gasteiger partial charge in [0.2, 0.25) is 5.91 Å². The lowest BCUT2D eigenvalue weighted by molar-refractivity contribution is -0.124. The molecule has 0 aromatic heterocycles. The molecule has 1 aliphatic rings. The Kier molecular flexibility index (Phi) is 4.22. The van der Waals surface area contributed by atoms with Crippen molar-refractivity contribution in [2.75, 3.05) is 18.5 Å². The summed E-state index contributed by atoms with van der Waals surface area (Å²) in [5.74, 6) is 0.370. The molecule has 3 N–H and O–H groups in total. The maximum atomic E-state index is 12.2. The molecule has 1 aliphatic heterocycles. The number of hydrogen-bond donors (Lipinski definition) is 2. The zero-order chi connectivity index (χ0) is 13.9. The van der Waals surface area contributed by atoms with Gasteiger partial charge in [0.25, 0.3) is 0 Å². The number of hydrogen-bond acceptors (Lipinski definition) is 3. The first-order valence-corrected chi connectivity index (χ1v) is 6.79. The summed E-state index contributed by atoms with van der Waals surface area (Å²) in [7, 11) is 0. The number of anilines is 1. The maximum Gasteiger partial charge on any atom is 0.244 e. The van der Waals surface area contributed by atoms with Gasteiger partial charge in [0.05, 0.1) is 0 Å². The van der Waals surface area contributed by atoms with Crippen molar-refractivity contribution < 1.29 is 9.53 Å². The monoisotopic (exact) mass is 262 g/mol. The molecule has 1 saturated heterocycles.